The fourth-order valence-electron chi connectivity index (χ4n) is 2.56. The molecule has 0 aliphatic carbocycles. The molecule has 1 atom stereocenters. The van der Waals surface area contributed by atoms with E-state index in [0.717, 1.165) is 31.0 Å². The van der Waals surface area contributed by atoms with Gasteiger partial charge < -0.3 is 9.73 Å². The first-order chi connectivity index (χ1) is 10.7. The smallest absolute Gasteiger partial charge is 0.122 e. The first-order valence-corrected chi connectivity index (χ1v) is 8.33. The van der Waals surface area contributed by atoms with E-state index in [1.165, 1.54) is 0 Å². The van der Waals surface area contributed by atoms with Gasteiger partial charge in [0.2, 0.25) is 0 Å². The number of rotatable bonds is 8. The largest absolute Gasteiger partial charge is 0.468 e. The molecule has 1 heterocycles. The topological polar surface area (TPSA) is 28.4 Å². The van der Waals surface area contributed by atoms with E-state index in [1.54, 1.807) is 12.3 Å². The fourth-order valence-corrected chi connectivity index (χ4v) is 3.04. The molecular formula is C17H22Cl2N2O. The number of nitrogens with zero attached hydrogens (tertiary/aromatic N) is 1. The third-order valence-corrected chi connectivity index (χ3v) is 4.38. The van der Waals surface area contributed by atoms with Gasteiger partial charge in [-0.15, -0.1) is 0 Å². The average Bonchev–Trinajstić information content (AvgIpc) is 3.02. The van der Waals surface area contributed by atoms with Gasteiger partial charge in [0.15, 0.2) is 0 Å². The van der Waals surface area contributed by atoms with Crippen molar-refractivity contribution >= 4 is 23.2 Å². The number of nitrogens with one attached hydrogen (secondary N) is 1. The maximum atomic E-state index is 6.21. The number of halogens is 2. The third kappa shape index (κ3) is 4.50. The average molecular weight is 341 g/mol. The minimum Gasteiger partial charge on any atom is -0.468 e. The van der Waals surface area contributed by atoms with Gasteiger partial charge in [0.05, 0.1) is 12.3 Å². The molecule has 1 unspecified atom stereocenters. The molecule has 1 aromatic heterocycles. The first-order valence-electron chi connectivity index (χ1n) is 7.57. The minimum atomic E-state index is 0.219. The van der Waals surface area contributed by atoms with Gasteiger partial charge in [-0.25, -0.2) is 0 Å². The number of benzene rings is 1. The number of furan rings is 1. The van der Waals surface area contributed by atoms with E-state index in [9.17, 15) is 0 Å². The van der Waals surface area contributed by atoms with E-state index in [4.69, 9.17) is 27.6 Å². The highest BCUT2D eigenvalue weighted by Crippen LogP contribution is 2.22. The van der Waals surface area contributed by atoms with Crippen LogP contribution in [0, 0.1) is 0 Å². The van der Waals surface area contributed by atoms with Crippen molar-refractivity contribution in [2.45, 2.75) is 26.4 Å². The summed E-state index contributed by atoms with van der Waals surface area (Å²) in [5.74, 6) is 0.985. The molecular weight excluding hydrogens is 319 g/mol. The summed E-state index contributed by atoms with van der Waals surface area (Å²) in [6, 6.07) is 9.77. The molecule has 0 saturated carbocycles. The summed E-state index contributed by atoms with van der Waals surface area (Å²) in [6.07, 6.45) is 1.72. The second kappa shape index (κ2) is 8.59. The number of hydrogen-bond donors (Lipinski definition) is 1. The second-order valence-electron chi connectivity index (χ2n) is 5.12. The van der Waals surface area contributed by atoms with Crippen LogP contribution in [0.15, 0.2) is 41.0 Å². The zero-order chi connectivity index (χ0) is 15.9. The lowest BCUT2D eigenvalue weighted by atomic mass is 10.1. The summed E-state index contributed by atoms with van der Waals surface area (Å²) in [4.78, 5) is 2.37. The molecule has 0 aliphatic heterocycles. The molecule has 0 amide bonds. The van der Waals surface area contributed by atoms with Crippen molar-refractivity contribution in [3.05, 3.63) is 58.0 Å². The van der Waals surface area contributed by atoms with Crippen molar-refractivity contribution in [3.63, 3.8) is 0 Å². The van der Waals surface area contributed by atoms with Gasteiger partial charge in [-0.2, -0.15) is 0 Å². The predicted molar refractivity (Wildman–Crippen MR) is 92.5 cm³/mol. The third-order valence-electron chi connectivity index (χ3n) is 3.79. The summed E-state index contributed by atoms with van der Waals surface area (Å²) in [5, 5.41) is 4.82. The quantitative estimate of drug-likeness (QED) is 0.750. The Labute approximate surface area is 142 Å². The van der Waals surface area contributed by atoms with Crippen LogP contribution in [0.25, 0.3) is 0 Å². The Morgan fingerprint density at radius 2 is 1.95 bits per heavy atom. The zero-order valence-corrected chi connectivity index (χ0v) is 14.5. The molecule has 2 aromatic rings. The second-order valence-corrected chi connectivity index (χ2v) is 5.96. The normalized spacial score (nSPS) is 12.8. The van der Waals surface area contributed by atoms with Crippen LogP contribution in [0.5, 0.6) is 0 Å². The van der Waals surface area contributed by atoms with Crippen LogP contribution in [0.1, 0.15) is 31.2 Å². The summed E-state index contributed by atoms with van der Waals surface area (Å²) in [5.41, 5.74) is 1.05. The molecule has 0 aliphatic rings. The minimum absolute atomic E-state index is 0.219. The Morgan fingerprint density at radius 1 is 1.18 bits per heavy atom. The molecule has 2 rings (SSSR count). The van der Waals surface area contributed by atoms with Gasteiger partial charge in [-0.1, -0.05) is 43.1 Å². The van der Waals surface area contributed by atoms with Crippen LogP contribution in [-0.4, -0.2) is 24.5 Å². The monoisotopic (exact) mass is 340 g/mol. The summed E-state index contributed by atoms with van der Waals surface area (Å²) >= 11 is 12.1. The van der Waals surface area contributed by atoms with Crippen molar-refractivity contribution in [3.8, 4) is 0 Å². The van der Waals surface area contributed by atoms with Crippen molar-refractivity contribution in [1.29, 1.82) is 0 Å². The molecule has 1 aromatic carbocycles. The van der Waals surface area contributed by atoms with Gasteiger partial charge in [0.25, 0.3) is 0 Å². The molecule has 120 valence electrons. The molecule has 0 spiro atoms. The van der Waals surface area contributed by atoms with Crippen LogP contribution in [0.2, 0.25) is 10.0 Å². The Balaban J connectivity index is 1.99. The fraction of sp³-hybridized carbons (Fsp3) is 0.412. The van der Waals surface area contributed by atoms with Crippen LogP contribution in [0.3, 0.4) is 0 Å². The molecule has 5 heteroatoms. The van der Waals surface area contributed by atoms with Crippen LogP contribution < -0.4 is 5.32 Å². The SMILES string of the molecule is CCN(CC)C(CNCc1ccc(Cl)cc1Cl)c1ccco1. The lowest BCUT2D eigenvalue weighted by Gasteiger charge is -2.28. The Kier molecular flexibility index (Phi) is 6.77. The van der Waals surface area contributed by atoms with Crippen LogP contribution in [-0.2, 0) is 6.54 Å². The van der Waals surface area contributed by atoms with E-state index in [2.05, 4.69) is 24.1 Å². The summed E-state index contributed by atoms with van der Waals surface area (Å²) in [6.45, 7) is 7.78. The molecule has 1 N–H and O–H groups in total. The maximum absolute atomic E-state index is 6.21. The van der Waals surface area contributed by atoms with Crippen molar-refractivity contribution < 1.29 is 4.42 Å². The van der Waals surface area contributed by atoms with Gasteiger partial charge in [-0.05, 0) is 42.9 Å². The Hall–Kier alpha value is -1.00. The van der Waals surface area contributed by atoms with Gasteiger partial charge in [0.1, 0.15) is 5.76 Å². The highest BCUT2D eigenvalue weighted by Gasteiger charge is 2.20. The Morgan fingerprint density at radius 3 is 2.55 bits per heavy atom. The van der Waals surface area contributed by atoms with E-state index in [1.807, 2.05) is 24.3 Å². The summed E-state index contributed by atoms with van der Waals surface area (Å²) in [7, 11) is 0. The molecule has 0 radical (unpaired) electrons. The van der Waals surface area contributed by atoms with Crippen molar-refractivity contribution in [2.24, 2.45) is 0 Å². The van der Waals surface area contributed by atoms with Crippen LogP contribution in [0.4, 0.5) is 0 Å². The van der Waals surface area contributed by atoms with Gasteiger partial charge in [-0.3, -0.25) is 4.90 Å². The van der Waals surface area contributed by atoms with E-state index in [0.29, 0.717) is 16.6 Å². The Bertz CT molecular complexity index is 568. The predicted octanol–water partition coefficient (Wildman–Crippen LogP) is 4.76. The molecule has 0 fully saturated rings. The van der Waals surface area contributed by atoms with Crippen molar-refractivity contribution in [1.82, 2.24) is 10.2 Å². The standard InChI is InChI=1S/C17H22Cl2N2O/c1-3-21(4-2)16(17-6-5-9-22-17)12-20-11-13-7-8-14(18)10-15(13)19/h5-10,16,20H,3-4,11-12H2,1-2H3. The first kappa shape index (κ1) is 17.4. The highest BCUT2D eigenvalue weighted by atomic mass is 35.5. The maximum Gasteiger partial charge on any atom is 0.122 e. The zero-order valence-electron chi connectivity index (χ0n) is 13.0. The molecule has 22 heavy (non-hydrogen) atoms. The highest BCUT2D eigenvalue weighted by molar-refractivity contribution is 6.35. The molecule has 0 bridgehead atoms. The van der Waals surface area contributed by atoms with Crippen molar-refractivity contribution in [2.75, 3.05) is 19.6 Å². The molecule has 3 nitrogen and oxygen atoms in total. The lowest BCUT2D eigenvalue weighted by molar-refractivity contribution is 0.188. The van der Waals surface area contributed by atoms with E-state index in [-0.39, 0.29) is 6.04 Å². The lowest BCUT2D eigenvalue weighted by Crippen LogP contribution is -2.35. The van der Waals surface area contributed by atoms with E-state index < -0.39 is 0 Å². The number of likely N-dealkylation sites (N-methyl/N-ethyl adjacent to an activating group) is 1. The van der Waals surface area contributed by atoms with Crippen LogP contribution >= 0.6 is 23.2 Å². The number of hydrogen-bond acceptors (Lipinski definition) is 3. The van der Waals surface area contributed by atoms with Gasteiger partial charge >= 0.3 is 0 Å². The summed E-state index contributed by atoms with van der Waals surface area (Å²) < 4.78 is 5.60. The van der Waals surface area contributed by atoms with Gasteiger partial charge in [0, 0.05) is 23.1 Å². The molecule has 0 saturated heterocycles. The van der Waals surface area contributed by atoms with E-state index >= 15 is 0 Å².